The van der Waals surface area contributed by atoms with Crippen LogP contribution in [-0.4, -0.2) is 46.7 Å². The van der Waals surface area contributed by atoms with Crippen LogP contribution in [-0.2, 0) is 14.4 Å². The van der Waals surface area contributed by atoms with Crippen LogP contribution in [0.1, 0.15) is 13.8 Å². The molecule has 0 aromatic heterocycles. The van der Waals surface area contributed by atoms with Gasteiger partial charge in [-0.25, -0.2) is 9.18 Å². The summed E-state index contributed by atoms with van der Waals surface area (Å²) in [6.45, 7) is 2.54. The largest absolute Gasteiger partial charge is 0.484 e. The van der Waals surface area contributed by atoms with Gasteiger partial charge in [0.2, 0.25) is 6.30 Å². The maximum atomic E-state index is 14.1. The Kier molecular flexibility index (Phi) is 5.18. The third kappa shape index (κ3) is 3.53. The van der Waals surface area contributed by atoms with Gasteiger partial charge < -0.3 is 15.2 Å². The molecule has 1 heterocycles. The first-order valence-corrected chi connectivity index (χ1v) is 7.18. The number of hydrogen-bond donors (Lipinski definition) is 2. The number of amides is 2. The Hall–Kier alpha value is -2.90. The minimum absolute atomic E-state index is 0.288. The number of nitrogens with zero attached hydrogens (tertiary/aromatic N) is 1. The summed E-state index contributed by atoms with van der Waals surface area (Å²) in [5, 5.41) is 11.3. The number of likely N-dealkylation sites (tertiary alicyclic amines) is 1. The van der Waals surface area contributed by atoms with E-state index in [1.54, 1.807) is 30.3 Å². The van der Waals surface area contributed by atoms with Gasteiger partial charge in [0.1, 0.15) is 11.4 Å². The van der Waals surface area contributed by atoms with E-state index in [2.05, 4.69) is 5.32 Å². The fourth-order valence-corrected chi connectivity index (χ4v) is 2.26. The fourth-order valence-electron chi connectivity index (χ4n) is 2.26. The number of ether oxygens (including phenoxy) is 1. The highest BCUT2D eigenvalue weighted by Crippen LogP contribution is 2.28. The van der Waals surface area contributed by atoms with Crippen LogP contribution in [0.4, 0.5) is 4.39 Å². The summed E-state index contributed by atoms with van der Waals surface area (Å²) in [5.74, 6) is -2.42. The van der Waals surface area contributed by atoms with E-state index in [0.29, 0.717) is 10.6 Å². The van der Waals surface area contributed by atoms with Gasteiger partial charge in [-0.15, -0.1) is 0 Å². The number of benzene rings is 1. The normalized spacial score (nSPS) is 19.3. The number of carboxylic acid groups (broad SMARTS) is 1. The number of carbonyl (C=O) groups is 3. The lowest BCUT2D eigenvalue weighted by Gasteiger charge is -2.42. The highest BCUT2D eigenvalue weighted by atomic mass is 19.1. The van der Waals surface area contributed by atoms with Gasteiger partial charge in [0.05, 0.1) is 0 Å². The van der Waals surface area contributed by atoms with Crippen LogP contribution in [0.2, 0.25) is 0 Å². The van der Waals surface area contributed by atoms with E-state index in [9.17, 15) is 18.8 Å². The molecule has 1 aromatic carbocycles. The molecule has 0 bridgehead atoms. The minimum Gasteiger partial charge on any atom is -0.484 e. The standard InChI is InChI=1S/C16H17FN2O5/c1-9(2)13(16(22)23)19-14(17)12(15(19)21)18-11(20)8-24-10-6-4-3-5-7-10/h3-7,12,14H,8H2,1-2H3,(H,18,20)(H,22,23). The predicted molar refractivity (Wildman–Crippen MR) is 81.6 cm³/mol. The molecule has 0 aliphatic carbocycles. The summed E-state index contributed by atoms with van der Waals surface area (Å²) in [6.07, 6.45) is -1.93. The molecular formula is C16H17FN2O5. The van der Waals surface area contributed by atoms with Crippen molar-refractivity contribution in [3.8, 4) is 5.75 Å². The van der Waals surface area contributed by atoms with Crippen molar-refractivity contribution in [1.82, 2.24) is 10.2 Å². The first kappa shape index (κ1) is 17.5. The van der Waals surface area contributed by atoms with Crippen molar-refractivity contribution in [2.24, 2.45) is 0 Å². The third-order valence-electron chi connectivity index (χ3n) is 3.37. The Balaban J connectivity index is 1.93. The van der Waals surface area contributed by atoms with Gasteiger partial charge in [0, 0.05) is 0 Å². The van der Waals surface area contributed by atoms with Crippen LogP contribution in [0.5, 0.6) is 5.75 Å². The number of para-hydroxylation sites is 1. The number of β-lactam (4-membered cyclic amide) rings is 1. The van der Waals surface area contributed by atoms with Crippen LogP contribution in [0.25, 0.3) is 0 Å². The molecule has 1 saturated heterocycles. The Morgan fingerprint density at radius 1 is 1.29 bits per heavy atom. The van der Waals surface area contributed by atoms with Gasteiger partial charge in [0.25, 0.3) is 11.8 Å². The number of halogens is 1. The van der Waals surface area contributed by atoms with Crippen LogP contribution in [0, 0.1) is 0 Å². The van der Waals surface area contributed by atoms with Gasteiger partial charge >= 0.3 is 5.97 Å². The van der Waals surface area contributed by atoms with Crippen LogP contribution in [0.3, 0.4) is 0 Å². The SMILES string of the molecule is CC(C)=C(C(=O)O)N1C(=O)C(NC(=O)COc2ccccc2)C1F. The van der Waals surface area contributed by atoms with Crippen molar-refractivity contribution >= 4 is 17.8 Å². The molecule has 1 aliphatic heterocycles. The average molecular weight is 336 g/mol. The van der Waals surface area contributed by atoms with Crippen molar-refractivity contribution in [3.63, 3.8) is 0 Å². The van der Waals surface area contributed by atoms with Crippen LogP contribution in [0.15, 0.2) is 41.6 Å². The van der Waals surface area contributed by atoms with Crippen molar-refractivity contribution in [1.29, 1.82) is 0 Å². The highest BCUT2D eigenvalue weighted by Gasteiger charge is 2.52. The maximum Gasteiger partial charge on any atom is 0.352 e. The van der Waals surface area contributed by atoms with E-state index in [1.807, 2.05) is 0 Å². The second-order valence-corrected chi connectivity index (χ2v) is 5.38. The molecule has 24 heavy (non-hydrogen) atoms. The first-order valence-electron chi connectivity index (χ1n) is 7.18. The summed E-state index contributed by atoms with van der Waals surface area (Å²) in [4.78, 5) is 35.4. The molecule has 0 saturated carbocycles. The van der Waals surface area contributed by atoms with Crippen LogP contribution < -0.4 is 10.1 Å². The van der Waals surface area contributed by atoms with Gasteiger partial charge in [-0.1, -0.05) is 18.2 Å². The van der Waals surface area contributed by atoms with Crippen molar-refractivity contribution in [2.75, 3.05) is 6.61 Å². The molecular weight excluding hydrogens is 319 g/mol. The molecule has 8 heteroatoms. The van der Waals surface area contributed by atoms with Crippen molar-refractivity contribution < 1.29 is 28.6 Å². The second kappa shape index (κ2) is 7.12. The molecule has 2 atom stereocenters. The molecule has 1 aliphatic rings. The zero-order chi connectivity index (χ0) is 17.9. The lowest BCUT2D eigenvalue weighted by atomic mass is 10.0. The summed E-state index contributed by atoms with van der Waals surface area (Å²) < 4.78 is 19.3. The number of aliphatic carboxylic acids is 1. The molecule has 2 unspecified atom stereocenters. The quantitative estimate of drug-likeness (QED) is 0.460. The Morgan fingerprint density at radius 3 is 2.42 bits per heavy atom. The Morgan fingerprint density at radius 2 is 1.92 bits per heavy atom. The van der Waals surface area contributed by atoms with E-state index in [4.69, 9.17) is 9.84 Å². The lowest BCUT2D eigenvalue weighted by molar-refractivity contribution is -0.163. The minimum atomic E-state index is -1.93. The van der Waals surface area contributed by atoms with Crippen molar-refractivity contribution in [3.05, 3.63) is 41.6 Å². The van der Waals surface area contributed by atoms with Gasteiger partial charge in [-0.05, 0) is 31.6 Å². The zero-order valence-electron chi connectivity index (χ0n) is 13.2. The first-order chi connectivity index (χ1) is 11.3. The summed E-state index contributed by atoms with van der Waals surface area (Å²) in [5.41, 5.74) is -0.130. The molecule has 2 N–H and O–H groups in total. The van der Waals surface area contributed by atoms with E-state index in [-0.39, 0.29) is 12.2 Å². The molecule has 2 amide bonds. The predicted octanol–water partition coefficient (Wildman–Crippen LogP) is 1.07. The fraction of sp³-hybridized carbons (Fsp3) is 0.312. The van der Waals surface area contributed by atoms with Crippen LogP contribution >= 0.6 is 0 Å². The second-order valence-electron chi connectivity index (χ2n) is 5.38. The molecule has 2 rings (SSSR count). The topological polar surface area (TPSA) is 95.9 Å². The summed E-state index contributed by atoms with van der Waals surface area (Å²) in [7, 11) is 0. The third-order valence-corrected chi connectivity index (χ3v) is 3.37. The zero-order valence-corrected chi connectivity index (χ0v) is 13.2. The van der Waals surface area contributed by atoms with E-state index >= 15 is 0 Å². The number of hydrogen-bond acceptors (Lipinski definition) is 4. The molecule has 1 aromatic rings. The number of nitrogens with one attached hydrogen (secondary N) is 1. The smallest absolute Gasteiger partial charge is 0.352 e. The van der Waals surface area contributed by atoms with E-state index in [0.717, 1.165) is 0 Å². The summed E-state index contributed by atoms with van der Waals surface area (Å²) >= 11 is 0. The number of carbonyl (C=O) groups excluding carboxylic acids is 2. The van der Waals surface area contributed by atoms with E-state index < -0.39 is 35.8 Å². The number of rotatable bonds is 6. The molecule has 0 radical (unpaired) electrons. The number of allylic oxidation sites excluding steroid dienone is 1. The summed E-state index contributed by atoms with van der Waals surface area (Å²) in [6, 6.07) is 7.12. The van der Waals surface area contributed by atoms with Crippen molar-refractivity contribution in [2.45, 2.75) is 26.2 Å². The highest BCUT2D eigenvalue weighted by molar-refractivity contribution is 6.00. The van der Waals surface area contributed by atoms with Gasteiger partial charge in [-0.3, -0.25) is 14.5 Å². The average Bonchev–Trinajstić information content (AvgIpc) is 2.55. The molecule has 7 nitrogen and oxygen atoms in total. The molecule has 128 valence electrons. The molecule has 0 spiro atoms. The number of carboxylic acids is 1. The van der Waals surface area contributed by atoms with Gasteiger partial charge in [-0.2, -0.15) is 0 Å². The Bertz CT molecular complexity index is 685. The Labute approximate surface area is 137 Å². The van der Waals surface area contributed by atoms with E-state index in [1.165, 1.54) is 13.8 Å². The van der Waals surface area contributed by atoms with Gasteiger partial charge in [0.15, 0.2) is 12.6 Å². The monoisotopic (exact) mass is 336 g/mol. The molecule has 1 fully saturated rings. The number of alkyl halides is 1. The lowest BCUT2D eigenvalue weighted by Crippen LogP contribution is -2.69. The maximum absolute atomic E-state index is 14.1.